The minimum Gasteiger partial charge on any atom is -0.481 e. The Labute approximate surface area is 97.7 Å². The molecule has 0 saturated heterocycles. The van der Waals surface area contributed by atoms with Crippen molar-refractivity contribution >= 4 is 5.97 Å². The van der Waals surface area contributed by atoms with Gasteiger partial charge in [0.25, 0.3) is 0 Å². The van der Waals surface area contributed by atoms with Crippen molar-refractivity contribution in [3.63, 3.8) is 0 Å². The van der Waals surface area contributed by atoms with Gasteiger partial charge >= 0.3 is 5.97 Å². The number of hydrogen-bond donors (Lipinski definition) is 3. The van der Waals surface area contributed by atoms with Crippen LogP contribution < -0.4 is 0 Å². The summed E-state index contributed by atoms with van der Waals surface area (Å²) in [6.07, 6.45) is -1.39. The van der Waals surface area contributed by atoms with Gasteiger partial charge in [0.05, 0.1) is 17.8 Å². The average Bonchev–Trinajstić information content (AvgIpc) is 2.78. The zero-order valence-electron chi connectivity index (χ0n) is 9.00. The number of aliphatic hydroxyl groups is 1. The summed E-state index contributed by atoms with van der Waals surface area (Å²) in [5.41, 5.74) is 2.01. The molecular weight excluding hydrogens is 220 g/mol. The molecule has 0 spiro atoms. The highest BCUT2D eigenvalue weighted by Gasteiger charge is 2.15. The first kappa shape index (κ1) is 11.3. The summed E-state index contributed by atoms with van der Waals surface area (Å²) in [7, 11) is 0. The van der Waals surface area contributed by atoms with Crippen molar-refractivity contribution < 1.29 is 15.0 Å². The maximum absolute atomic E-state index is 10.5. The van der Waals surface area contributed by atoms with Gasteiger partial charge in [0.15, 0.2) is 0 Å². The van der Waals surface area contributed by atoms with Crippen LogP contribution in [0.3, 0.4) is 0 Å². The predicted molar refractivity (Wildman–Crippen MR) is 61.2 cm³/mol. The van der Waals surface area contributed by atoms with E-state index in [0.717, 1.165) is 5.56 Å². The molecule has 0 aliphatic carbocycles. The lowest BCUT2D eigenvalue weighted by atomic mass is 10.1. The molecule has 2 rings (SSSR count). The number of carboxylic acids is 1. The standard InChI is InChI=1S/C12H12N2O3/c15-11(7-12(16)17)10-6-9(13-14-10)8-4-2-1-3-5-8/h1-6,11,15H,7H2,(H,13,14)(H,16,17). The fourth-order valence-corrected chi connectivity index (χ4v) is 1.54. The summed E-state index contributed by atoms with van der Waals surface area (Å²) >= 11 is 0. The molecule has 0 radical (unpaired) electrons. The van der Waals surface area contributed by atoms with E-state index in [1.165, 1.54) is 0 Å². The van der Waals surface area contributed by atoms with Gasteiger partial charge in [-0.3, -0.25) is 9.89 Å². The summed E-state index contributed by atoms with van der Waals surface area (Å²) in [6.45, 7) is 0. The van der Waals surface area contributed by atoms with Gasteiger partial charge in [-0.1, -0.05) is 30.3 Å². The normalized spacial score (nSPS) is 12.3. The molecule has 1 atom stereocenters. The number of hydrogen-bond acceptors (Lipinski definition) is 3. The maximum Gasteiger partial charge on any atom is 0.306 e. The van der Waals surface area contributed by atoms with E-state index in [-0.39, 0.29) is 6.42 Å². The fraction of sp³-hybridized carbons (Fsp3) is 0.167. The molecule has 1 heterocycles. The van der Waals surface area contributed by atoms with Crippen LogP contribution in [0.5, 0.6) is 0 Å². The van der Waals surface area contributed by atoms with Crippen LogP contribution >= 0.6 is 0 Å². The van der Waals surface area contributed by atoms with Gasteiger partial charge < -0.3 is 10.2 Å². The summed E-state index contributed by atoms with van der Waals surface area (Å²) in [6, 6.07) is 11.1. The lowest BCUT2D eigenvalue weighted by Crippen LogP contribution is -2.05. The van der Waals surface area contributed by atoms with Crippen LogP contribution in [0.1, 0.15) is 18.2 Å². The first-order valence-corrected chi connectivity index (χ1v) is 5.17. The van der Waals surface area contributed by atoms with Gasteiger partial charge in [0, 0.05) is 5.56 Å². The molecule has 3 N–H and O–H groups in total. The number of nitrogens with one attached hydrogen (secondary N) is 1. The molecule has 1 aromatic heterocycles. The number of nitrogens with zero attached hydrogens (tertiary/aromatic N) is 1. The summed E-state index contributed by atoms with van der Waals surface area (Å²) in [5.74, 6) is -1.05. The zero-order chi connectivity index (χ0) is 12.3. The van der Waals surface area contributed by atoms with Crippen molar-refractivity contribution in [3.05, 3.63) is 42.1 Å². The summed E-state index contributed by atoms with van der Waals surface area (Å²) in [4.78, 5) is 10.5. The molecule has 0 amide bonds. The summed E-state index contributed by atoms with van der Waals surface area (Å²) < 4.78 is 0. The Morgan fingerprint density at radius 1 is 1.35 bits per heavy atom. The molecule has 0 bridgehead atoms. The summed E-state index contributed by atoms with van der Waals surface area (Å²) in [5, 5.41) is 24.9. The Bertz CT molecular complexity index is 507. The second-order valence-corrected chi connectivity index (χ2v) is 3.69. The molecule has 0 fully saturated rings. The first-order valence-electron chi connectivity index (χ1n) is 5.17. The van der Waals surface area contributed by atoms with Gasteiger partial charge in [0.2, 0.25) is 0 Å². The molecule has 5 nitrogen and oxygen atoms in total. The highest BCUT2D eigenvalue weighted by atomic mass is 16.4. The smallest absolute Gasteiger partial charge is 0.306 e. The number of rotatable bonds is 4. The van der Waals surface area contributed by atoms with Crippen LogP contribution in [-0.2, 0) is 4.79 Å². The van der Waals surface area contributed by atoms with Crippen LogP contribution in [-0.4, -0.2) is 26.4 Å². The topological polar surface area (TPSA) is 86.2 Å². The van der Waals surface area contributed by atoms with Crippen LogP contribution in [0.4, 0.5) is 0 Å². The molecule has 1 aromatic carbocycles. The van der Waals surface area contributed by atoms with Gasteiger partial charge in [-0.15, -0.1) is 0 Å². The van der Waals surface area contributed by atoms with E-state index >= 15 is 0 Å². The monoisotopic (exact) mass is 232 g/mol. The van der Waals surface area contributed by atoms with Crippen molar-refractivity contribution in [3.8, 4) is 11.3 Å². The second kappa shape index (κ2) is 4.80. The predicted octanol–water partition coefficient (Wildman–Crippen LogP) is 1.58. The molecule has 2 aromatic rings. The van der Waals surface area contributed by atoms with E-state index in [2.05, 4.69) is 10.2 Å². The van der Waals surface area contributed by atoms with Gasteiger partial charge in [0.1, 0.15) is 6.10 Å². The number of carbonyl (C=O) groups is 1. The maximum atomic E-state index is 10.5. The molecule has 0 saturated carbocycles. The molecule has 5 heteroatoms. The Balaban J connectivity index is 2.19. The van der Waals surface area contributed by atoms with E-state index in [9.17, 15) is 9.90 Å². The number of H-pyrrole nitrogens is 1. The van der Waals surface area contributed by atoms with Crippen LogP contribution in [0.25, 0.3) is 11.3 Å². The largest absolute Gasteiger partial charge is 0.481 e. The second-order valence-electron chi connectivity index (χ2n) is 3.69. The average molecular weight is 232 g/mol. The van der Waals surface area contributed by atoms with E-state index in [0.29, 0.717) is 11.4 Å². The van der Waals surface area contributed by atoms with Crippen LogP contribution in [0.2, 0.25) is 0 Å². The Morgan fingerprint density at radius 2 is 2.06 bits per heavy atom. The van der Waals surface area contributed by atoms with Gasteiger partial charge in [-0.2, -0.15) is 5.10 Å². The SMILES string of the molecule is O=C(O)CC(O)c1cc(-c2ccccc2)n[nH]1. The van der Waals surface area contributed by atoms with Gasteiger partial charge in [-0.05, 0) is 6.07 Å². The number of aromatic amines is 1. The van der Waals surface area contributed by atoms with E-state index in [1.807, 2.05) is 30.3 Å². The lowest BCUT2D eigenvalue weighted by Gasteiger charge is -2.02. The molecule has 0 aliphatic rings. The number of benzene rings is 1. The van der Waals surface area contributed by atoms with E-state index in [1.54, 1.807) is 6.07 Å². The molecule has 17 heavy (non-hydrogen) atoms. The highest BCUT2D eigenvalue weighted by molar-refractivity contribution is 5.67. The molecule has 0 aliphatic heterocycles. The quantitative estimate of drug-likeness (QED) is 0.747. The van der Waals surface area contributed by atoms with E-state index in [4.69, 9.17) is 5.11 Å². The third-order valence-corrected chi connectivity index (χ3v) is 2.39. The lowest BCUT2D eigenvalue weighted by molar-refractivity contribution is -0.139. The Hall–Kier alpha value is -2.14. The third-order valence-electron chi connectivity index (χ3n) is 2.39. The first-order chi connectivity index (χ1) is 8.16. The molecule has 1 unspecified atom stereocenters. The highest BCUT2D eigenvalue weighted by Crippen LogP contribution is 2.21. The van der Waals surface area contributed by atoms with Crippen molar-refractivity contribution in [2.45, 2.75) is 12.5 Å². The number of carboxylic acid groups (broad SMARTS) is 1. The number of aromatic nitrogens is 2. The third kappa shape index (κ3) is 2.70. The molecular formula is C12H12N2O3. The minimum atomic E-state index is -1.06. The van der Waals surface area contributed by atoms with Crippen LogP contribution in [0, 0.1) is 0 Å². The van der Waals surface area contributed by atoms with Gasteiger partial charge in [-0.25, -0.2) is 0 Å². The number of aliphatic carboxylic acids is 1. The Morgan fingerprint density at radius 3 is 2.71 bits per heavy atom. The minimum absolute atomic E-state index is 0.337. The van der Waals surface area contributed by atoms with Crippen molar-refractivity contribution in [1.82, 2.24) is 10.2 Å². The van der Waals surface area contributed by atoms with Crippen molar-refractivity contribution in [2.24, 2.45) is 0 Å². The fourth-order valence-electron chi connectivity index (χ4n) is 1.54. The van der Waals surface area contributed by atoms with Crippen molar-refractivity contribution in [1.29, 1.82) is 0 Å². The van der Waals surface area contributed by atoms with Crippen LogP contribution in [0.15, 0.2) is 36.4 Å². The molecule has 88 valence electrons. The Kier molecular flexibility index (Phi) is 3.20. The van der Waals surface area contributed by atoms with Crippen molar-refractivity contribution in [2.75, 3.05) is 0 Å². The zero-order valence-corrected chi connectivity index (χ0v) is 9.00. The number of aliphatic hydroxyl groups excluding tert-OH is 1. The van der Waals surface area contributed by atoms with E-state index < -0.39 is 12.1 Å².